The molecule has 2 aromatic heterocycles. The highest BCUT2D eigenvalue weighted by Gasteiger charge is 2.12. The van der Waals surface area contributed by atoms with Gasteiger partial charge in [0.2, 0.25) is 4.96 Å². The standard InChI is InChI=1S/C13H10N4O2S/c1-8(18)9-2-4-10(5-3-9)15-12(19)11-6-17-13(16-11)20-7-14-17/h2-7H,1H3,(H,15,19). The quantitative estimate of drug-likeness (QED) is 0.749. The van der Waals surface area contributed by atoms with Crippen LogP contribution in [0, 0.1) is 0 Å². The SMILES string of the molecule is CC(=O)c1ccc(NC(=O)c2cn3ncsc3n2)cc1. The second-order valence-electron chi connectivity index (χ2n) is 4.18. The Hall–Kier alpha value is -2.54. The molecule has 0 radical (unpaired) electrons. The van der Waals surface area contributed by atoms with E-state index in [4.69, 9.17) is 0 Å². The number of carbonyl (C=O) groups is 2. The zero-order valence-electron chi connectivity index (χ0n) is 10.5. The summed E-state index contributed by atoms with van der Waals surface area (Å²) in [4.78, 5) is 28.0. The van der Waals surface area contributed by atoms with Gasteiger partial charge in [-0.1, -0.05) is 11.3 Å². The number of imidazole rings is 1. The van der Waals surface area contributed by atoms with Crippen molar-refractivity contribution in [1.29, 1.82) is 0 Å². The average Bonchev–Trinajstić information content (AvgIpc) is 2.99. The van der Waals surface area contributed by atoms with Crippen LogP contribution in [0.3, 0.4) is 0 Å². The molecule has 0 aliphatic rings. The molecule has 1 aromatic carbocycles. The van der Waals surface area contributed by atoms with E-state index in [0.717, 1.165) is 0 Å². The second-order valence-corrected chi connectivity index (χ2v) is 4.99. The predicted octanol–water partition coefficient (Wildman–Crippen LogP) is 2.25. The van der Waals surface area contributed by atoms with Crippen molar-refractivity contribution < 1.29 is 9.59 Å². The molecular formula is C13H10N4O2S. The summed E-state index contributed by atoms with van der Waals surface area (Å²) in [6.07, 6.45) is 1.57. The molecule has 0 aliphatic carbocycles. The number of carbonyl (C=O) groups excluding carboxylic acids is 2. The van der Waals surface area contributed by atoms with Gasteiger partial charge in [0.15, 0.2) is 5.78 Å². The zero-order chi connectivity index (χ0) is 14.1. The lowest BCUT2D eigenvalue weighted by atomic mass is 10.1. The molecule has 3 aromatic rings. The normalized spacial score (nSPS) is 10.7. The Bertz CT molecular complexity index is 760. The van der Waals surface area contributed by atoms with Crippen LogP contribution in [0.5, 0.6) is 0 Å². The first-order valence-electron chi connectivity index (χ1n) is 5.85. The number of Topliss-reactive ketones (excluding diaryl/α,β-unsaturated/α-hetero) is 1. The maximum absolute atomic E-state index is 12.0. The molecule has 7 heteroatoms. The third kappa shape index (κ3) is 2.30. The number of hydrogen-bond donors (Lipinski definition) is 1. The van der Waals surface area contributed by atoms with E-state index in [1.54, 1.807) is 40.5 Å². The highest BCUT2D eigenvalue weighted by molar-refractivity contribution is 7.14. The maximum atomic E-state index is 12.0. The third-order valence-corrected chi connectivity index (χ3v) is 3.46. The van der Waals surface area contributed by atoms with Crippen LogP contribution in [0.1, 0.15) is 27.8 Å². The number of nitrogens with zero attached hydrogens (tertiary/aromatic N) is 3. The highest BCUT2D eigenvalue weighted by atomic mass is 32.1. The number of ketones is 1. The van der Waals surface area contributed by atoms with E-state index in [1.165, 1.54) is 18.3 Å². The van der Waals surface area contributed by atoms with Crippen LogP contribution in [0.2, 0.25) is 0 Å². The number of rotatable bonds is 3. The third-order valence-electron chi connectivity index (χ3n) is 2.77. The van der Waals surface area contributed by atoms with E-state index in [0.29, 0.717) is 21.9 Å². The molecule has 0 saturated carbocycles. The van der Waals surface area contributed by atoms with Crippen molar-refractivity contribution in [2.24, 2.45) is 0 Å². The van der Waals surface area contributed by atoms with Gasteiger partial charge >= 0.3 is 0 Å². The van der Waals surface area contributed by atoms with Crippen molar-refractivity contribution in [1.82, 2.24) is 14.6 Å². The van der Waals surface area contributed by atoms with Gasteiger partial charge < -0.3 is 5.32 Å². The summed E-state index contributed by atoms with van der Waals surface area (Å²) in [5.74, 6) is -0.318. The van der Waals surface area contributed by atoms with Gasteiger partial charge in [-0.3, -0.25) is 9.59 Å². The number of amides is 1. The summed E-state index contributed by atoms with van der Waals surface area (Å²) in [5.41, 5.74) is 3.18. The molecule has 0 bridgehead atoms. The Balaban J connectivity index is 1.78. The van der Waals surface area contributed by atoms with Crippen LogP contribution in [-0.4, -0.2) is 26.3 Å². The minimum absolute atomic E-state index is 0.0108. The summed E-state index contributed by atoms with van der Waals surface area (Å²) >= 11 is 1.36. The van der Waals surface area contributed by atoms with Gasteiger partial charge in [-0.2, -0.15) is 5.10 Å². The molecule has 100 valence electrons. The minimum atomic E-state index is -0.307. The highest BCUT2D eigenvalue weighted by Crippen LogP contribution is 2.13. The summed E-state index contributed by atoms with van der Waals surface area (Å²) in [7, 11) is 0. The van der Waals surface area contributed by atoms with Crippen LogP contribution in [0.4, 0.5) is 5.69 Å². The molecule has 20 heavy (non-hydrogen) atoms. The van der Waals surface area contributed by atoms with E-state index >= 15 is 0 Å². The molecule has 6 nitrogen and oxygen atoms in total. The van der Waals surface area contributed by atoms with E-state index in [1.807, 2.05) is 0 Å². The van der Waals surface area contributed by atoms with Crippen LogP contribution >= 0.6 is 11.3 Å². The fraction of sp³-hybridized carbons (Fsp3) is 0.0769. The van der Waals surface area contributed by atoms with Crippen molar-refractivity contribution in [2.75, 3.05) is 5.32 Å². The topological polar surface area (TPSA) is 76.4 Å². The Morgan fingerprint density at radius 1 is 1.25 bits per heavy atom. The Morgan fingerprint density at radius 2 is 2.00 bits per heavy atom. The van der Waals surface area contributed by atoms with Gasteiger partial charge in [0, 0.05) is 11.3 Å². The lowest BCUT2D eigenvalue weighted by Gasteiger charge is -2.03. The smallest absolute Gasteiger partial charge is 0.275 e. The van der Waals surface area contributed by atoms with Crippen molar-refractivity contribution in [2.45, 2.75) is 6.92 Å². The molecule has 0 spiro atoms. The lowest BCUT2D eigenvalue weighted by molar-refractivity contribution is 0.101. The first kappa shape index (κ1) is 12.5. The summed E-state index contributed by atoms with van der Waals surface area (Å²) < 4.78 is 1.55. The monoisotopic (exact) mass is 286 g/mol. The second kappa shape index (κ2) is 4.86. The molecule has 3 rings (SSSR count). The van der Waals surface area contributed by atoms with Crippen LogP contribution in [0.25, 0.3) is 4.96 Å². The van der Waals surface area contributed by atoms with E-state index in [9.17, 15) is 9.59 Å². The van der Waals surface area contributed by atoms with E-state index in [-0.39, 0.29) is 11.7 Å². The number of aromatic nitrogens is 3. The molecule has 0 atom stereocenters. The number of benzene rings is 1. The largest absolute Gasteiger partial charge is 0.321 e. The van der Waals surface area contributed by atoms with Gasteiger partial charge in [-0.25, -0.2) is 9.50 Å². The summed E-state index contributed by atoms with van der Waals surface area (Å²) in [6.45, 7) is 1.50. The van der Waals surface area contributed by atoms with Crippen LogP contribution < -0.4 is 5.32 Å². The number of hydrogen-bond acceptors (Lipinski definition) is 5. The molecule has 1 N–H and O–H groups in total. The van der Waals surface area contributed by atoms with Gasteiger partial charge in [0.25, 0.3) is 5.91 Å². The maximum Gasteiger partial charge on any atom is 0.275 e. The van der Waals surface area contributed by atoms with Crippen molar-refractivity contribution >= 4 is 33.7 Å². The molecule has 0 fully saturated rings. The van der Waals surface area contributed by atoms with Gasteiger partial charge in [-0.05, 0) is 31.2 Å². The Morgan fingerprint density at radius 3 is 2.65 bits per heavy atom. The number of fused-ring (bicyclic) bond motifs is 1. The predicted molar refractivity (Wildman–Crippen MR) is 75.3 cm³/mol. The first-order valence-corrected chi connectivity index (χ1v) is 6.72. The van der Waals surface area contributed by atoms with Crippen LogP contribution in [0.15, 0.2) is 36.0 Å². The summed E-state index contributed by atoms with van der Waals surface area (Å²) in [6, 6.07) is 6.72. The molecule has 0 unspecified atom stereocenters. The Kier molecular flexibility index (Phi) is 3.03. The fourth-order valence-corrected chi connectivity index (χ4v) is 2.33. The average molecular weight is 286 g/mol. The lowest BCUT2D eigenvalue weighted by Crippen LogP contribution is -2.12. The summed E-state index contributed by atoms with van der Waals surface area (Å²) in [5, 5.41) is 6.74. The van der Waals surface area contributed by atoms with Crippen molar-refractivity contribution in [3.05, 3.63) is 47.2 Å². The molecule has 0 aliphatic heterocycles. The Labute approximate surface area is 118 Å². The molecule has 0 saturated heterocycles. The van der Waals surface area contributed by atoms with Gasteiger partial charge in [0.1, 0.15) is 11.2 Å². The van der Waals surface area contributed by atoms with E-state index < -0.39 is 0 Å². The number of anilines is 1. The zero-order valence-corrected chi connectivity index (χ0v) is 11.3. The first-order chi connectivity index (χ1) is 9.63. The van der Waals surface area contributed by atoms with Gasteiger partial charge in [0.05, 0.1) is 6.20 Å². The van der Waals surface area contributed by atoms with Crippen molar-refractivity contribution in [3.63, 3.8) is 0 Å². The molecular weight excluding hydrogens is 276 g/mol. The number of nitrogens with one attached hydrogen (secondary N) is 1. The van der Waals surface area contributed by atoms with Crippen molar-refractivity contribution in [3.8, 4) is 0 Å². The molecule has 1 amide bonds. The fourth-order valence-electron chi connectivity index (χ4n) is 1.73. The van der Waals surface area contributed by atoms with Crippen LogP contribution in [-0.2, 0) is 0 Å². The van der Waals surface area contributed by atoms with E-state index in [2.05, 4.69) is 15.4 Å². The molecule has 2 heterocycles. The van der Waals surface area contributed by atoms with Gasteiger partial charge in [-0.15, -0.1) is 0 Å². The minimum Gasteiger partial charge on any atom is -0.321 e.